The van der Waals surface area contributed by atoms with Crippen molar-refractivity contribution < 1.29 is 14.0 Å². The number of rotatable bonds is 3. The summed E-state index contributed by atoms with van der Waals surface area (Å²) in [5, 5.41) is 0. The number of halogens is 1. The van der Waals surface area contributed by atoms with Crippen LogP contribution in [-0.4, -0.2) is 18.4 Å². The van der Waals surface area contributed by atoms with E-state index in [1.807, 2.05) is 61.5 Å². The molecule has 1 aliphatic heterocycles. The fourth-order valence-corrected chi connectivity index (χ4v) is 3.49. The van der Waals surface area contributed by atoms with Gasteiger partial charge in [-0.2, -0.15) is 0 Å². The molecule has 0 spiro atoms. The topological polar surface area (TPSA) is 40.6 Å². The van der Waals surface area contributed by atoms with Crippen LogP contribution >= 0.6 is 0 Å². The molecule has 2 amide bonds. The lowest BCUT2D eigenvalue weighted by Gasteiger charge is -2.40. The summed E-state index contributed by atoms with van der Waals surface area (Å²) in [6, 6.07) is 21.7. The highest BCUT2D eigenvalue weighted by Gasteiger charge is 2.42. The van der Waals surface area contributed by atoms with E-state index in [9.17, 15) is 14.0 Å². The number of para-hydroxylation sites is 1. The van der Waals surface area contributed by atoms with Crippen LogP contribution < -0.4 is 9.80 Å². The summed E-state index contributed by atoms with van der Waals surface area (Å²) in [6.07, 6.45) is 0. The van der Waals surface area contributed by atoms with E-state index in [1.54, 1.807) is 12.1 Å². The molecule has 4 nitrogen and oxygen atoms in total. The Balaban J connectivity index is 1.82. The number of carbonyl (C=O) groups is 2. The smallest absolute Gasteiger partial charge is 0.255 e. The maximum absolute atomic E-state index is 14.3. The van der Waals surface area contributed by atoms with E-state index in [0.29, 0.717) is 11.3 Å². The number of amides is 2. The van der Waals surface area contributed by atoms with Crippen molar-refractivity contribution >= 4 is 23.2 Å². The molecular formula is C23H19FN2O2. The van der Waals surface area contributed by atoms with E-state index in [4.69, 9.17) is 0 Å². The Morgan fingerprint density at radius 2 is 1.50 bits per heavy atom. The number of hydrogen-bond acceptors (Lipinski definition) is 2. The van der Waals surface area contributed by atoms with Crippen LogP contribution in [0, 0.1) is 12.7 Å². The number of piperazine rings is 1. The van der Waals surface area contributed by atoms with E-state index in [-0.39, 0.29) is 24.0 Å². The molecule has 0 aromatic heterocycles. The summed E-state index contributed by atoms with van der Waals surface area (Å²) in [7, 11) is 0. The quantitative estimate of drug-likeness (QED) is 0.687. The van der Waals surface area contributed by atoms with Crippen molar-refractivity contribution in [3.63, 3.8) is 0 Å². The van der Waals surface area contributed by atoms with Crippen molar-refractivity contribution in [2.75, 3.05) is 16.3 Å². The van der Waals surface area contributed by atoms with Crippen LogP contribution in [0.2, 0.25) is 0 Å². The van der Waals surface area contributed by atoms with Gasteiger partial charge < -0.3 is 0 Å². The first kappa shape index (κ1) is 17.9. The molecule has 1 saturated heterocycles. The maximum atomic E-state index is 14.3. The van der Waals surface area contributed by atoms with Crippen molar-refractivity contribution in [1.29, 1.82) is 0 Å². The lowest BCUT2D eigenvalue weighted by Crippen LogP contribution is -2.56. The Kier molecular flexibility index (Phi) is 4.65. The molecule has 140 valence electrons. The predicted molar refractivity (Wildman–Crippen MR) is 107 cm³/mol. The van der Waals surface area contributed by atoms with Gasteiger partial charge in [-0.25, -0.2) is 4.39 Å². The van der Waals surface area contributed by atoms with Gasteiger partial charge in [0.15, 0.2) is 0 Å². The van der Waals surface area contributed by atoms with Crippen LogP contribution in [0.1, 0.15) is 17.2 Å². The van der Waals surface area contributed by atoms with Crippen molar-refractivity contribution in [1.82, 2.24) is 0 Å². The van der Waals surface area contributed by atoms with Gasteiger partial charge >= 0.3 is 0 Å². The minimum Gasteiger partial charge on any atom is -0.298 e. The third-order valence-electron chi connectivity index (χ3n) is 4.89. The number of nitrogens with zero attached hydrogens (tertiary/aromatic N) is 2. The summed E-state index contributed by atoms with van der Waals surface area (Å²) in [5.41, 5.74) is 2.50. The molecule has 0 N–H and O–H groups in total. The Labute approximate surface area is 162 Å². The van der Waals surface area contributed by atoms with E-state index in [2.05, 4.69) is 0 Å². The van der Waals surface area contributed by atoms with Crippen LogP contribution in [0.5, 0.6) is 0 Å². The standard InChI is InChI=1S/C23H19FN2O2/c1-16-11-13-18(14-12-16)26-21(27)15-25(20-10-6-5-9-19(20)24)23(28)22(26)17-7-3-2-4-8-17/h2-14,22H,15H2,1H3. The first-order valence-corrected chi connectivity index (χ1v) is 9.06. The van der Waals surface area contributed by atoms with E-state index in [0.717, 1.165) is 5.56 Å². The van der Waals surface area contributed by atoms with Crippen LogP contribution in [0.15, 0.2) is 78.9 Å². The largest absolute Gasteiger partial charge is 0.298 e. The predicted octanol–water partition coefficient (Wildman–Crippen LogP) is 4.26. The normalized spacial score (nSPS) is 17.1. The third-order valence-corrected chi connectivity index (χ3v) is 4.89. The van der Waals surface area contributed by atoms with Crippen LogP contribution in [0.4, 0.5) is 15.8 Å². The number of hydrogen-bond donors (Lipinski definition) is 0. The number of benzene rings is 3. The zero-order valence-electron chi connectivity index (χ0n) is 15.4. The fraction of sp³-hybridized carbons (Fsp3) is 0.130. The Hall–Kier alpha value is -3.47. The minimum atomic E-state index is -0.857. The van der Waals surface area contributed by atoms with Gasteiger partial charge in [0.1, 0.15) is 18.4 Å². The van der Waals surface area contributed by atoms with Gasteiger partial charge in [0, 0.05) is 5.69 Å². The average molecular weight is 374 g/mol. The maximum Gasteiger partial charge on any atom is 0.255 e. The van der Waals surface area contributed by atoms with E-state index >= 15 is 0 Å². The highest BCUT2D eigenvalue weighted by Crippen LogP contribution is 2.35. The second-order valence-electron chi connectivity index (χ2n) is 6.79. The minimum absolute atomic E-state index is 0.116. The SMILES string of the molecule is Cc1ccc(N2C(=O)CN(c3ccccc3F)C(=O)C2c2ccccc2)cc1. The van der Waals surface area contributed by atoms with Gasteiger partial charge in [0.25, 0.3) is 5.91 Å². The Morgan fingerprint density at radius 3 is 2.18 bits per heavy atom. The van der Waals surface area contributed by atoms with Gasteiger partial charge in [-0.3, -0.25) is 19.4 Å². The van der Waals surface area contributed by atoms with Crippen LogP contribution in [-0.2, 0) is 9.59 Å². The molecule has 5 heteroatoms. The van der Waals surface area contributed by atoms with Crippen LogP contribution in [0.25, 0.3) is 0 Å². The molecule has 1 unspecified atom stereocenters. The zero-order valence-corrected chi connectivity index (χ0v) is 15.4. The first-order chi connectivity index (χ1) is 13.6. The monoisotopic (exact) mass is 374 g/mol. The van der Waals surface area contributed by atoms with Crippen LogP contribution in [0.3, 0.4) is 0 Å². The van der Waals surface area contributed by atoms with Crippen molar-refractivity contribution in [3.8, 4) is 0 Å². The number of aryl methyl sites for hydroxylation is 1. The van der Waals surface area contributed by atoms with Crippen molar-refractivity contribution in [3.05, 3.63) is 95.8 Å². The zero-order chi connectivity index (χ0) is 19.7. The summed E-state index contributed by atoms with van der Waals surface area (Å²) < 4.78 is 14.3. The summed E-state index contributed by atoms with van der Waals surface area (Å²) in [6.45, 7) is 1.75. The van der Waals surface area contributed by atoms with Gasteiger partial charge in [0.05, 0.1) is 5.69 Å². The van der Waals surface area contributed by atoms with Crippen molar-refractivity contribution in [2.24, 2.45) is 0 Å². The average Bonchev–Trinajstić information content (AvgIpc) is 2.71. The lowest BCUT2D eigenvalue weighted by molar-refractivity contribution is -0.128. The van der Waals surface area contributed by atoms with Gasteiger partial charge in [-0.05, 0) is 36.8 Å². The van der Waals surface area contributed by atoms with Gasteiger partial charge in [0.2, 0.25) is 5.91 Å². The number of anilines is 2. The molecule has 4 rings (SSSR count). The summed E-state index contributed by atoms with van der Waals surface area (Å²) in [4.78, 5) is 29.3. The first-order valence-electron chi connectivity index (χ1n) is 9.06. The molecule has 0 saturated carbocycles. The Bertz CT molecular complexity index is 1020. The molecule has 3 aromatic rings. The molecule has 0 bridgehead atoms. The fourth-order valence-electron chi connectivity index (χ4n) is 3.49. The summed E-state index contributed by atoms with van der Waals surface area (Å²) in [5.74, 6) is -1.13. The van der Waals surface area contributed by atoms with E-state index < -0.39 is 11.9 Å². The second-order valence-corrected chi connectivity index (χ2v) is 6.79. The second kappa shape index (κ2) is 7.27. The summed E-state index contributed by atoms with van der Waals surface area (Å²) >= 11 is 0. The molecule has 1 atom stereocenters. The third kappa shape index (κ3) is 3.16. The number of carbonyl (C=O) groups excluding carboxylic acids is 2. The molecule has 3 aromatic carbocycles. The molecule has 1 heterocycles. The highest BCUT2D eigenvalue weighted by atomic mass is 19.1. The van der Waals surface area contributed by atoms with Gasteiger partial charge in [-0.1, -0.05) is 60.2 Å². The van der Waals surface area contributed by atoms with Gasteiger partial charge in [-0.15, -0.1) is 0 Å². The highest BCUT2D eigenvalue weighted by molar-refractivity contribution is 6.14. The molecule has 1 fully saturated rings. The Morgan fingerprint density at radius 1 is 0.857 bits per heavy atom. The van der Waals surface area contributed by atoms with E-state index in [1.165, 1.54) is 21.9 Å². The molecule has 0 radical (unpaired) electrons. The molecule has 1 aliphatic rings. The molecule has 28 heavy (non-hydrogen) atoms. The molecule has 0 aliphatic carbocycles. The van der Waals surface area contributed by atoms with Crippen molar-refractivity contribution in [2.45, 2.75) is 13.0 Å². The molecular weight excluding hydrogens is 355 g/mol. The lowest BCUT2D eigenvalue weighted by atomic mass is 9.99.